The van der Waals surface area contributed by atoms with Crippen LogP contribution in [-0.4, -0.2) is 52.8 Å². The molecule has 3 atom stereocenters. The van der Waals surface area contributed by atoms with Crippen molar-refractivity contribution in [3.63, 3.8) is 0 Å². The summed E-state index contributed by atoms with van der Waals surface area (Å²) in [5, 5.41) is 5.88. The lowest BCUT2D eigenvalue weighted by Gasteiger charge is -2.47. The number of piperidine rings is 1. The Labute approximate surface area is 185 Å². The number of nitrogens with zero attached hydrogens (tertiary/aromatic N) is 1. The summed E-state index contributed by atoms with van der Waals surface area (Å²) in [7, 11) is 0. The van der Waals surface area contributed by atoms with Crippen LogP contribution in [0, 0.1) is 5.92 Å². The Morgan fingerprint density at radius 3 is 2.78 bits per heavy atom. The van der Waals surface area contributed by atoms with E-state index in [4.69, 9.17) is 0 Å². The third-order valence-corrected chi connectivity index (χ3v) is 6.97. The fraction of sp³-hybridized carbons (Fsp3) is 0.417. The highest BCUT2D eigenvalue weighted by Gasteiger charge is 2.41. The molecule has 1 aromatic carbocycles. The second-order valence-electron chi connectivity index (χ2n) is 8.92. The van der Waals surface area contributed by atoms with Crippen LogP contribution in [0.5, 0.6) is 0 Å². The lowest BCUT2D eigenvalue weighted by Crippen LogP contribution is -2.59. The van der Waals surface area contributed by atoms with Gasteiger partial charge in [0.05, 0.1) is 6.04 Å². The highest BCUT2D eigenvalue weighted by atomic mass is 16.2. The quantitative estimate of drug-likeness (QED) is 0.679. The van der Waals surface area contributed by atoms with E-state index in [-0.39, 0.29) is 41.1 Å². The first-order chi connectivity index (χ1) is 15.5. The van der Waals surface area contributed by atoms with Crippen molar-refractivity contribution in [1.82, 2.24) is 20.5 Å². The molecule has 0 radical (unpaired) electrons. The lowest BCUT2D eigenvalue weighted by molar-refractivity contribution is 0.0321. The summed E-state index contributed by atoms with van der Waals surface area (Å²) in [4.78, 5) is 54.3. The maximum atomic E-state index is 13.5. The molecule has 1 aromatic heterocycles. The van der Waals surface area contributed by atoms with Gasteiger partial charge in [-0.3, -0.25) is 19.2 Å². The number of fused-ring (bicyclic) bond motifs is 3. The third-order valence-electron chi connectivity index (χ3n) is 6.97. The SMILES string of the molecule is O=C(NC1CCC2CCN(C(=O)c3ccc4c(c3)CCNC4=O)C1C2)c1cccc(=O)[nH]1. The van der Waals surface area contributed by atoms with Crippen LogP contribution in [0.3, 0.4) is 0 Å². The summed E-state index contributed by atoms with van der Waals surface area (Å²) in [5.74, 6) is 0.0708. The Bertz CT molecular complexity index is 1140. The van der Waals surface area contributed by atoms with Gasteiger partial charge in [0, 0.05) is 36.3 Å². The Kier molecular flexibility index (Phi) is 5.28. The maximum Gasteiger partial charge on any atom is 0.268 e. The molecule has 2 aromatic rings. The predicted molar refractivity (Wildman–Crippen MR) is 118 cm³/mol. The molecule has 8 heteroatoms. The third kappa shape index (κ3) is 3.81. The molecule has 166 valence electrons. The van der Waals surface area contributed by atoms with E-state index >= 15 is 0 Å². The fourth-order valence-corrected chi connectivity index (χ4v) is 5.30. The van der Waals surface area contributed by atoms with Crippen molar-refractivity contribution in [2.45, 2.75) is 44.2 Å². The van der Waals surface area contributed by atoms with Gasteiger partial charge in [-0.2, -0.15) is 0 Å². The topological polar surface area (TPSA) is 111 Å². The van der Waals surface area contributed by atoms with Gasteiger partial charge in [-0.25, -0.2) is 0 Å². The molecule has 2 bridgehead atoms. The first-order valence-electron chi connectivity index (χ1n) is 11.2. The van der Waals surface area contributed by atoms with E-state index < -0.39 is 0 Å². The van der Waals surface area contributed by atoms with E-state index in [9.17, 15) is 19.2 Å². The van der Waals surface area contributed by atoms with Crippen LogP contribution in [0.15, 0.2) is 41.2 Å². The number of rotatable bonds is 3. The Hall–Kier alpha value is -3.42. The van der Waals surface area contributed by atoms with Crippen LogP contribution < -0.4 is 16.2 Å². The van der Waals surface area contributed by atoms with Gasteiger partial charge in [-0.1, -0.05) is 6.07 Å². The number of pyridine rings is 1. The van der Waals surface area contributed by atoms with Gasteiger partial charge < -0.3 is 20.5 Å². The number of benzene rings is 1. The van der Waals surface area contributed by atoms with E-state index in [2.05, 4.69) is 15.6 Å². The standard InChI is InChI=1S/C24H26N4O4/c29-21-3-1-2-19(26-21)23(31)27-18-7-4-14-9-11-28(20(18)12-14)24(32)16-5-6-17-15(13-16)8-10-25-22(17)30/h1-3,5-6,13-14,18,20H,4,7-12H2,(H,25,30)(H,26,29)(H,27,31). The molecule has 3 amide bonds. The molecular formula is C24H26N4O4. The minimum atomic E-state index is -0.330. The zero-order valence-corrected chi connectivity index (χ0v) is 17.7. The average Bonchev–Trinajstić information content (AvgIpc) is 2.80. The number of amides is 3. The van der Waals surface area contributed by atoms with Crippen LogP contribution in [0.4, 0.5) is 0 Å². The van der Waals surface area contributed by atoms with Gasteiger partial charge in [0.15, 0.2) is 0 Å². The molecule has 2 fully saturated rings. The van der Waals surface area contributed by atoms with Crippen molar-refractivity contribution >= 4 is 17.7 Å². The Morgan fingerprint density at radius 1 is 1.06 bits per heavy atom. The van der Waals surface area contributed by atoms with Crippen molar-refractivity contribution in [2.75, 3.05) is 13.1 Å². The van der Waals surface area contributed by atoms with E-state index in [0.29, 0.717) is 36.6 Å². The summed E-state index contributed by atoms with van der Waals surface area (Å²) in [6.45, 7) is 1.23. The number of aromatic amines is 1. The summed E-state index contributed by atoms with van der Waals surface area (Å²) in [6.07, 6.45) is 4.34. The van der Waals surface area contributed by atoms with E-state index in [0.717, 1.165) is 31.2 Å². The van der Waals surface area contributed by atoms with Crippen molar-refractivity contribution in [3.05, 3.63) is 69.1 Å². The normalized spacial score (nSPS) is 24.3. The predicted octanol–water partition coefficient (Wildman–Crippen LogP) is 1.47. The largest absolute Gasteiger partial charge is 0.352 e. The molecule has 1 saturated heterocycles. The summed E-state index contributed by atoms with van der Waals surface area (Å²) in [5.41, 5.74) is 2.01. The van der Waals surface area contributed by atoms with Gasteiger partial charge in [0.1, 0.15) is 5.69 Å². The van der Waals surface area contributed by atoms with Gasteiger partial charge in [-0.05, 0) is 67.9 Å². The molecule has 8 nitrogen and oxygen atoms in total. The monoisotopic (exact) mass is 434 g/mol. The highest BCUT2D eigenvalue weighted by Crippen LogP contribution is 2.36. The van der Waals surface area contributed by atoms with Crippen LogP contribution in [0.1, 0.15) is 62.5 Å². The maximum absolute atomic E-state index is 13.5. The fourth-order valence-electron chi connectivity index (χ4n) is 5.30. The van der Waals surface area contributed by atoms with Crippen LogP contribution in [-0.2, 0) is 6.42 Å². The molecule has 1 aliphatic carbocycles. The number of carbonyl (C=O) groups is 3. The molecule has 3 unspecified atom stereocenters. The highest BCUT2D eigenvalue weighted by molar-refractivity contribution is 6.00. The number of likely N-dealkylation sites (tertiary alicyclic amines) is 1. The zero-order chi connectivity index (χ0) is 22.2. The van der Waals surface area contributed by atoms with Crippen LogP contribution in [0.2, 0.25) is 0 Å². The van der Waals surface area contributed by atoms with Crippen molar-refractivity contribution < 1.29 is 14.4 Å². The van der Waals surface area contributed by atoms with Crippen LogP contribution in [0.25, 0.3) is 0 Å². The van der Waals surface area contributed by atoms with E-state index in [1.165, 1.54) is 6.07 Å². The summed E-state index contributed by atoms with van der Waals surface area (Å²) < 4.78 is 0. The smallest absolute Gasteiger partial charge is 0.268 e. The first-order valence-corrected chi connectivity index (χ1v) is 11.2. The molecule has 32 heavy (non-hydrogen) atoms. The van der Waals surface area contributed by atoms with Gasteiger partial charge >= 0.3 is 0 Å². The first kappa shape index (κ1) is 20.5. The molecule has 1 saturated carbocycles. The summed E-state index contributed by atoms with van der Waals surface area (Å²) >= 11 is 0. The molecule has 5 rings (SSSR count). The molecule has 2 aliphatic heterocycles. The molecular weight excluding hydrogens is 408 g/mol. The van der Waals surface area contributed by atoms with E-state index in [1.54, 1.807) is 24.3 Å². The van der Waals surface area contributed by atoms with Crippen molar-refractivity contribution in [1.29, 1.82) is 0 Å². The Balaban J connectivity index is 1.37. The minimum absolute atomic E-state index is 0.0588. The van der Waals surface area contributed by atoms with Gasteiger partial charge in [0.25, 0.3) is 17.7 Å². The van der Waals surface area contributed by atoms with Crippen molar-refractivity contribution in [2.24, 2.45) is 5.92 Å². The van der Waals surface area contributed by atoms with Crippen molar-refractivity contribution in [3.8, 4) is 0 Å². The number of nitrogens with one attached hydrogen (secondary N) is 3. The zero-order valence-electron chi connectivity index (χ0n) is 17.7. The average molecular weight is 434 g/mol. The number of hydrogen-bond donors (Lipinski definition) is 3. The molecule has 3 N–H and O–H groups in total. The number of H-pyrrole nitrogens is 1. The lowest BCUT2D eigenvalue weighted by atomic mass is 9.76. The molecule has 3 aliphatic rings. The number of hydrogen-bond acceptors (Lipinski definition) is 4. The van der Waals surface area contributed by atoms with Gasteiger partial charge in [-0.15, -0.1) is 0 Å². The van der Waals surface area contributed by atoms with E-state index in [1.807, 2.05) is 11.0 Å². The second-order valence-corrected chi connectivity index (χ2v) is 8.92. The van der Waals surface area contributed by atoms with Gasteiger partial charge in [0.2, 0.25) is 5.56 Å². The molecule has 0 spiro atoms. The summed E-state index contributed by atoms with van der Waals surface area (Å²) in [6, 6.07) is 9.54. The Morgan fingerprint density at radius 2 is 1.94 bits per heavy atom. The number of aromatic nitrogens is 1. The minimum Gasteiger partial charge on any atom is -0.352 e. The molecule has 3 heterocycles. The number of carbonyl (C=O) groups excluding carboxylic acids is 3. The van der Waals surface area contributed by atoms with Crippen LogP contribution >= 0.6 is 0 Å². The second kappa shape index (κ2) is 8.26.